The van der Waals surface area contributed by atoms with Crippen LogP contribution in [0.2, 0.25) is 0 Å². The van der Waals surface area contributed by atoms with E-state index >= 15 is 0 Å². The Labute approximate surface area is 104 Å². The van der Waals surface area contributed by atoms with E-state index in [-0.39, 0.29) is 18.4 Å². The predicted molar refractivity (Wildman–Crippen MR) is 65.8 cm³/mol. The van der Waals surface area contributed by atoms with Crippen molar-refractivity contribution in [2.75, 3.05) is 11.9 Å². The van der Waals surface area contributed by atoms with Gasteiger partial charge in [-0.05, 0) is 6.42 Å². The van der Waals surface area contributed by atoms with E-state index in [9.17, 15) is 9.59 Å². The Morgan fingerprint density at radius 3 is 2.65 bits per heavy atom. The molecule has 0 aliphatic carbocycles. The topological polar surface area (TPSA) is 84.0 Å². The maximum absolute atomic E-state index is 11.4. The van der Waals surface area contributed by atoms with Crippen LogP contribution in [0.3, 0.4) is 0 Å². The molecule has 0 aliphatic heterocycles. The number of carbonyl (C=O) groups excluding carboxylic acids is 2. The highest BCUT2D eigenvalue weighted by Crippen LogP contribution is 2.15. The maximum Gasteiger partial charge on any atom is 0.245 e. The van der Waals surface area contributed by atoms with Gasteiger partial charge < -0.3 is 5.32 Å². The number of hydrogen-bond acceptors (Lipinski definition) is 5. The Kier molecular flexibility index (Phi) is 5.55. The second kappa shape index (κ2) is 6.95. The van der Waals surface area contributed by atoms with Crippen LogP contribution < -0.4 is 10.6 Å². The predicted octanol–water partition coefficient (Wildman–Crippen LogP) is 0.955. The first-order valence-electron chi connectivity index (χ1n) is 5.54. The monoisotopic (exact) mass is 256 g/mol. The molecule has 2 N–H and O–H groups in total. The minimum Gasteiger partial charge on any atom is -0.347 e. The van der Waals surface area contributed by atoms with Crippen LogP contribution in [0, 0.1) is 0 Å². The van der Waals surface area contributed by atoms with Gasteiger partial charge in [0, 0.05) is 12.8 Å². The minimum atomic E-state index is -0.286. The first-order chi connectivity index (χ1) is 8.15. The normalized spacial score (nSPS) is 10.0. The summed E-state index contributed by atoms with van der Waals surface area (Å²) in [6.07, 6.45) is 2.22. The lowest BCUT2D eigenvalue weighted by atomic mass is 10.4. The van der Waals surface area contributed by atoms with Gasteiger partial charge in [-0.2, -0.15) is 0 Å². The summed E-state index contributed by atoms with van der Waals surface area (Å²) < 4.78 is 0. The van der Waals surface area contributed by atoms with E-state index in [1.165, 1.54) is 11.3 Å². The number of aryl methyl sites for hydroxylation is 1. The highest BCUT2D eigenvalue weighted by Gasteiger charge is 2.08. The van der Waals surface area contributed by atoms with E-state index in [0.29, 0.717) is 11.6 Å². The third kappa shape index (κ3) is 4.90. The molecule has 1 heterocycles. The van der Waals surface area contributed by atoms with Crippen LogP contribution in [-0.2, 0) is 16.0 Å². The van der Waals surface area contributed by atoms with Crippen molar-refractivity contribution < 1.29 is 9.59 Å². The van der Waals surface area contributed by atoms with Gasteiger partial charge in [0.05, 0.1) is 6.54 Å². The number of nitrogens with one attached hydrogen (secondary N) is 2. The number of amides is 2. The number of carbonyl (C=O) groups is 2. The number of anilines is 1. The Hall–Kier alpha value is -1.50. The summed E-state index contributed by atoms with van der Waals surface area (Å²) in [7, 11) is 0. The third-order valence-corrected chi connectivity index (χ3v) is 2.84. The number of rotatable bonds is 6. The Balaban J connectivity index is 2.36. The molecule has 0 unspecified atom stereocenters. The van der Waals surface area contributed by atoms with Crippen LogP contribution >= 0.6 is 11.3 Å². The lowest BCUT2D eigenvalue weighted by molar-refractivity contribution is -0.123. The van der Waals surface area contributed by atoms with Gasteiger partial charge in [0.1, 0.15) is 5.01 Å². The fraction of sp³-hybridized carbons (Fsp3) is 0.600. The van der Waals surface area contributed by atoms with Gasteiger partial charge in [0.2, 0.25) is 16.9 Å². The summed E-state index contributed by atoms with van der Waals surface area (Å²) in [5, 5.41) is 14.2. The first kappa shape index (κ1) is 13.6. The van der Waals surface area contributed by atoms with Crippen LogP contribution in [0.25, 0.3) is 0 Å². The number of hydrogen-bond donors (Lipinski definition) is 2. The van der Waals surface area contributed by atoms with Gasteiger partial charge in [-0.1, -0.05) is 25.2 Å². The molecule has 0 spiro atoms. The molecule has 0 aromatic carbocycles. The Bertz CT molecular complexity index is 391. The maximum atomic E-state index is 11.4. The van der Waals surface area contributed by atoms with Gasteiger partial charge in [0.25, 0.3) is 0 Å². The Morgan fingerprint density at radius 1 is 1.24 bits per heavy atom. The van der Waals surface area contributed by atoms with Gasteiger partial charge in [-0.3, -0.25) is 14.9 Å². The van der Waals surface area contributed by atoms with Gasteiger partial charge >= 0.3 is 0 Å². The van der Waals surface area contributed by atoms with Gasteiger partial charge in [-0.25, -0.2) is 0 Å². The molecule has 0 radical (unpaired) electrons. The van der Waals surface area contributed by atoms with Crippen molar-refractivity contribution in [1.82, 2.24) is 15.5 Å². The zero-order valence-electron chi connectivity index (χ0n) is 9.95. The van der Waals surface area contributed by atoms with E-state index < -0.39 is 0 Å². The molecule has 0 aliphatic rings. The summed E-state index contributed by atoms with van der Waals surface area (Å²) in [5.41, 5.74) is 0. The molecular weight excluding hydrogens is 240 g/mol. The van der Waals surface area contributed by atoms with Crippen molar-refractivity contribution in [2.24, 2.45) is 0 Å². The molecule has 94 valence electrons. The fourth-order valence-electron chi connectivity index (χ4n) is 1.09. The van der Waals surface area contributed by atoms with Crippen molar-refractivity contribution in [1.29, 1.82) is 0 Å². The van der Waals surface area contributed by atoms with Gasteiger partial charge in [-0.15, -0.1) is 10.2 Å². The number of nitrogens with zero attached hydrogens (tertiary/aromatic N) is 2. The average Bonchev–Trinajstić information content (AvgIpc) is 2.74. The first-order valence-corrected chi connectivity index (χ1v) is 6.36. The highest BCUT2D eigenvalue weighted by molar-refractivity contribution is 7.15. The van der Waals surface area contributed by atoms with Crippen LogP contribution in [-0.4, -0.2) is 28.6 Å². The van der Waals surface area contributed by atoms with E-state index in [1.54, 1.807) is 6.92 Å². The molecule has 7 heteroatoms. The molecule has 0 saturated heterocycles. The van der Waals surface area contributed by atoms with Crippen LogP contribution in [0.5, 0.6) is 0 Å². The molecule has 0 fully saturated rings. The lowest BCUT2D eigenvalue weighted by Crippen LogP contribution is -2.32. The van der Waals surface area contributed by atoms with Gasteiger partial charge in [0.15, 0.2) is 0 Å². The SMILES string of the molecule is CCCc1nnc(NC(=O)CNC(=O)CC)s1. The van der Waals surface area contributed by atoms with E-state index in [1.807, 2.05) is 0 Å². The highest BCUT2D eigenvalue weighted by atomic mass is 32.1. The largest absolute Gasteiger partial charge is 0.347 e. The molecule has 6 nitrogen and oxygen atoms in total. The molecule has 0 bridgehead atoms. The van der Waals surface area contributed by atoms with Crippen LogP contribution in [0.4, 0.5) is 5.13 Å². The summed E-state index contributed by atoms with van der Waals surface area (Å²) in [6, 6.07) is 0. The summed E-state index contributed by atoms with van der Waals surface area (Å²) in [4.78, 5) is 22.4. The summed E-state index contributed by atoms with van der Waals surface area (Å²) in [5.74, 6) is -0.435. The van der Waals surface area contributed by atoms with E-state index in [0.717, 1.165) is 17.8 Å². The molecule has 0 atom stereocenters. The summed E-state index contributed by atoms with van der Waals surface area (Å²) in [6.45, 7) is 3.75. The molecule has 2 amide bonds. The van der Waals surface area contributed by atoms with Crippen molar-refractivity contribution in [2.45, 2.75) is 33.1 Å². The zero-order chi connectivity index (χ0) is 12.7. The minimum absolute atomic E-state index is 0.0324. The second-order valence-electron chi connectivity index (χ2n) is 3.43. The lowest BCUT2D eigenvalue weighted by Gasteiger charge is -2.02. The Morgan fingerprint density at radius 2 is 2.00 bits per heavy atom. The summed E-state index contributed by atoms with van der Waals surface area (Å²) >= 11 is 1.36. The van der Waals surface area contributed by atoms with Crippen molar-refractivity contribution in [3.63, 3.8) is 0 Å². The van der Waals surface area contributed by atoms with E-state index in [4.69, 9.17) is 0 Å². The van der Waals surface area contributed by atoms with E-state index in [2.05, 4.69) is 27.8 Å². The quantitative estimate of drug-likeness (QED) is 0.794. The van der Waals surface area contributed by atoms with Crippen LogP contribution in [0.15, 0.2) is 0 Å². The van der Waals surface area contributed by atoms with Crippen molar-refractivity contribution in [3.8, 4) is 0 Å². The van der Waals surface area contributed by atoms with Crippen molar-refractivity contribution in [3.05, 3.63) is 5.01 Å². The molecule has 0 saturated carbocycles. The molecule has 1 aromatic rings. The number of aromatic nitrogens is 2. The smallest absolute Gasteiger partial charge is 0.245 e. The standard InChI is InChI=1S/C10H16N4O2S/c1-3-5-9-13-14-10(17-9)12-8(16)6-11-7(15)4-2/h3-6H2,1-2H3,(H,11,15)(H,12,14,16). The third-order valence-electron chi connectivity index (χ3n) is 1.94. The second-order valence-corrected chi connectivity index (χ2v) is 4.49. The molecule has 1 rings (SSSR count). The zero-order valence-corrected chi connectivity index (χ0v) is 10.8. The van der Waals surface area contributed by atoms with Crippen molar-refractivity contribution >= 4 is 28.3 Å². The molecule has 17 heavy (non-hydrogen) atoms. The van der Waals surface area contributed by atoms with Crippen LogP contribution in [0.1, 0.15) is 31.7 Å². The molecule has 1 aromatic heterocycles. The average molecular weight is 256 g/mol. The fourth-order valence-corrected chi connectivity index (χ4v) is 1.94. The molecular formula is C10H16N4O2S.